The Morgan fingerprint density at radius 1 is 1.14 bits per heavy atom. The molecule has 0 spiro atoms. The molecule has 1 aromatic heterocycles. The highest BCUT2D eigenvalue weighted by Crippen LogP contribution is 2.34. The Hall–Kier alpha value is -2.69. The minimum atomic E-state index is -0.665. The number of benzene rings is 1. The van der Waals surface area contributed by atoms with Gasteiger partial charge in [-0.3, -0.25) is 19.3 Å². The normalized spacial score (nSPS) is 13.7. The Labute approximate surface area is 121 Å². The van der Waals surface area contributed by atoms with Gasteiger partial charge >= 0.3 is 0 Å². The number of hydrogen-bond acceptors (Lipinski definition) is 4. The number of carbonyl (C=O) groups is 3. The maximum atomic E-state index is 12.2. The third-order valence-electron chi connectivity index (χ3n) is 3.62. The van der Waals surface area contributed by atoms with Crippen molar-refractivity contribution in [3.63, 3.8) is 0 Å². The maximum Gasteiger partial charge on any atom is 0.299 e. The molecule has 0 saturated heterocycles. The van der Waals surface area contributed by atoms with Crippen molar-refractivity contribution < 1.29 is 18.8 Å². The minimum absolute atomic E-state index is 0.175. The summed E-state index contributed by atoms with van der Waals surface area (Å²) in [5, 5.41) is 0. The molecule has 1 amide bonds. The molecule has 0 saturated carbocycles. The lowest BCUT2D eigenvalue weighted by atomic mass is 10.0. The number of amides is 1. The van der Waals surface area contributed by atoms with Gasteiger partial charge in [-0.15, -0.1) is 0 Å². The average molecular weight is 283 g/mol. The van der Waals surface area contributed by atoms with Gasteiger partial charge in [-0.25, -0.2) is 0 Å². The molecule has 1 aromatic carbocycles. The first-order valence-corrected chi connectivity index (χ1v) is 6.54. The highest BCUT2D eigenvalue weighted by Gasteiger charge is 2.39. The Bertz CT molecular complexity index is 759. The van der Waals surface area contributed by atoms with Crippen LogP contribution in [0.1, 0.15) is 32.0 Å². The second-order valence-corrected chi connectivity index (χ2v) is 5.04. The van der Waals surface area contributed by atoms with Gasteiger partial charge in [0.25, 0.3) is 11.7 Å². The van der Waals surface area contributed by atoms with Crippen molar-refractivity contribution in [2.24, 2.45) is 0 Å². The summed E-state index contributed by atoms with van der Waals surface area (Å²) < 4.78 is 5.04. The Morgan fingerprint density at radius 2 is 1.86 bits per heavy atom. The van der Waals surface area contributed by atoms with Crippen LogP contribution in [-0.4, -0.2) is 24.0 Å². The number of rotatable bonds is 3. The molecule has 1 aliphatic heterocycles. The molecule has 3 rings (SSSR count). The first-order chi connectivity index (χ1) is 10.0. The van der Waals surface area contributed by atoms with Crippen LogP contribution in [0.3, 0.4) is 0 Å². The van der Waals surface area contributed by atoms with E-state index in [9.17, 15) is 14.4 Å². The van der Waals surface area contributed by atoms with Crippen LogP contribution in [0.25, 0.3) is 0 Å². The zero-order chi connectivity index (χ0) is 15.1. The molecule has 0 bridgehead atoms. The van der Waals surface area contributed by atoms with E-state index >= 15 is 0 Å². The molecule has 106 valence electrons. The molecular formula is C16H13NO4. The summed E-state index contributed by atoms with van der Waals surface area (Å²) in [7, 11) is 0. The van der Waals surface area contributed by atoms with E-state index in [4.69, 9.17) is 4.42 Å². The number of hydrogen-bond donors (Lipinski definition) is 0. The monoisotopic (exact) mass is 283 g/mol. The van der Waals surface area contributed by atoms with E-state index in [0.29, 0.717) is 11.3 Å². The summed E-state index contributed by atoms with van der Waals surface area (Å²) >= 11 is 0. The van der Waals surface area contributed by atoms with Crippen molar-refractivity contribution in [1.29, 1.82) is 0 Å². The fourth-order valence-electron chi connectivity index (χ4n) is 2.57. The maximum absolute atomic E-state index is 12.2. The number of fused-ring (bicyclic) bond motifs is 1. The SMILES string of the molecule is Cc1ccc(C)c2c1C(=O)C(=O)N2CC(=O)c1ccco1. The van der Waals surface area contributed by atoms with E-state index in [-0.39, 0.29) is 18.1 Å². The number of anilines is 1. The lowest BCUT2D eigenvalue weighted by molar-refractivity contribution is -0.114. The van der Waals surface area contributed by atoms with E-state index in [1.54, 1.807) is 19.1 Å². The quantitative estimate of drug-likeness (QED) is 0.640. The molecule has 21 heavy (non-hydrogen) atoms. The van der Waals surface area contributed by atoms with Gasteiger partial charge < -0.3 is 4.42 Å². The van der Waals surface area contributed by atoms with Crippen molar-refractivity contribution in [3.8, 4) is 0 Å². The number of carbonyl (C=O) groups excluding carboxylic acids is 3. The number of Topliss-reactive ketones (excluding diaryl/α,β-unsaturated/α-hetero) is 2. The molecule has 2 aromatic rings. The lowest BCUT2D eigenvalue weighted by Gasteiger charge is -2.17. The van der Waals surface area contributed by atoms with Gasteiger partial charge in [0.05, 0.1) is 24.1 Å². The number of aryl methyl sites for hydroxylation is 2. The van der Waals surface area contributed by atoms with Crippen LogP contribution in [0.15, 0.2) is 34.9 Å². The molecule has 0 N–H and O–H groups in total. The van der Waals surface area contributed by atoms with Crippen molar-refractivity contribution >= 4 is 23.2 Å². The Morgan fingerprint density at radius 3 is 2.52 bits per heavy atom. The van der Waals surface area contributed by atoms with Gasteiger partial charge in [-0.05, 0) is 37.1 Å². The largest absolute Gasteiger partial charge is 0.461 e. The van der Waals surface area contributed by atoms with Crippen LogP contribution >= 0.6 is 0 Å². The number of furan rings is 1. The van der Waals surface area contributed by atoms with Crippen molar-refractivity contribution in [3.05, 3.63) is 53.0 Å². The van der Waals surface area contributed by atoms with E-state index in [0.717, 1.165) is 11.1 Å². The fourth-order valence-corrected chi connectivity index (χ4v) is 2.57. The summed E-state index contributed by atoms with van der Waals surface area (Å²) in [6.45, 7) is 3.39. The molecule has 0 radical (unpaired) electrons. The van der Waals surface area contributed by atoms with E-state index < -0.39 is 11.7 Å². The first kappa shape index (κ1) is 13.3. The molecule has 5 heteroatoms. The smallest absolute Gasteiger partial charge is 0.299 e. The third-order valence-corrected chi connectivity index (χ3v) is 3.62. The first-order valence-electron chi connectivity index (χ1n) is 6.54. The summed E-state index contributed by atoms with van der Waals surface area (Å²) in [5.41, 5.74) is 2.46. The van der Waals surface area contributed by atoms with Gasteiger partial charge in [0.15, 0.2) is 5.76 Å². The summed E-state index contributed by atoms with van der Waals surface area (Å²) in [6.07, 6.45) is 1.40. The summed E-state index contributed by atoms with van der Waals surface area (Å²) in [5.74, 6) is -1.38. The molecule has 5 nitrogen and oxygen atoms in total. The van der Waals surface area contributed by atoms with Crippen LogP contribution in [0.4, 0.5) is 5.69 Å². The molecular weight excluding hydrogens is 270 g/mol. The van der Waals surface area contributed by atoms with Gasteiger partial charge in [-0.1, -0.05) is 12.1 Å². The average Bonchev–Trinajstić information content (AvgIpc) is 3.06. The van der Waals surface area contributed by atoms with Crippen LogP contribution in [0.5, 0.6) is 0 Å². The second-order valence-electron chi connectivity index (χ2n) is 5.04. The number of nitrogens with zero attached hydrogens (tertiary/aromatic N) is 1. The highest BCUT2D eigenvalue weighted by atomic mass is 16.3. The Balaban J connectivity index is 2.02. The van der Waals surface area contributed by atoms with Crippen molar-refractivity contribution in [1.82, 2.24) is 0 Å². The minimum Gasteiger partial charge on any atom is -0.461 e. The predicted molar refractivity (Wildman–Crippen MR) is 75.6 cm³/mol. The summed E-state index contributed by atoms with van der Waals surface area (Å²) in [4.78, 5) is 37.6. The van der Waals surface area contributed by atoms with Crippen molar-refractivity contribution in [2.45, 2.75) is 13.8 Å². The van der Waals surface area contributed by atoms with E-state index in [2.05, 4.69) is 0 Å². The fraction of sp³-hybridized carbons (Fsp3) is 0.188. The summed E-state index contributed by atoms with van der Waals surface area (Å²) in [6, 6.07) is 6.78. The van der Waals surface area contributed by atoms with E-state index in [1.165, 1.54) is 17.2 Å². The molecule has 0 unspecified atom stereocenters. The van der Waals surface area contributed by atoms with Gasteiger partial charge in [0.1, 0.15) is 0 Å². The van der Waals surface area contributed by atoms with Crippen molar-refractivity contribution in [2.75, 3.05) is 11.4 Å². The van der Waals surface area contributed by atoms with Gasteiger partial charge in [-0.2, -0.15) is 0 Å². The van der Waals surface area contributed by atoms with Crippen LogP contribution in [-0.2, 0) is 4.79 Å². The van der Waals surface area contributed by atoms with Crippen LogP contribution in [0, 0.1) is 13.8 Å². The molecule has 0 atom stereocenters. The Kier molecular flexibility index (Phi) is 2.97. The topological polar surface area (TPSA) is 67.6 Å². The molecule has 0 fully saturated rings. The number of ketones is 2. The molecule has 2 heterocycles. The van der Waals surface area contributed by atoms with Crippen LogP contribution < -0.4 is 4.90 Å². The van der Waals surface area contributed by atoms with Crippen LogP contribution in [0.2, 0.25) is 0 Å². The standard InChI is InChI=1S/C16H13NO4/c1-9-5-6-10(2)14-13(9)15(19)16(20)17(14)8-11(18)12-4-3-7-21-12/h3-7H,8H2,1-2H3. The molecule has 0 aliphatic carbocycles. The third kappa shape index (κ3) is 1.98. The van der Waals surface area contributed by atoms with Gasteiger partial charge in [0.2, 0.25) is 5.78 Å². The predicted octanol–water partition coefficient (Wildman–Crippen LogP) is 2.31. The zero-order valence-electron chi connectivity index (χ0n) is 11.7. The molecule has 1 aliphatic rings. The lowest BCUT2D eigenvalue weighted by Crippen LogP contribution is -2.34. The second kappa shape index (κ2) is 4.70. The van der Waals surface area contributed by atoms with E-state index in [1.807, 2.05) is 13.0 Å². The zero-order valence-corrected chi connectivity index (χ0v) is 11.7. The van der Waals surface area contributed by atoms with Gasteiger partial charge in [0, 0.05) is 0 Å². The highest BCUT2D eigenvalue weighted by molar-refractivity contribution is 6.53.